The van der Waals surface area contributed by atoms with Crippen LogP contribution in [-0.4, -0.2) is 62.8 Å². The van der Waals surface area contributed by atoms with Crippen LogP contribution in [0.5, 0.6) is 0 Å². The molecule has 3 aromatic heterocycles. The lowest BCUT2D eigenvalue weighted by atomic mass is 10.3. The maximum Gasteiger partial charge on any atom is 0.254 e. The van der Waals surface area contributed by atoms with Crippen molar-refractivity contribution in [1.82, 2.24) is 29.5 Å². The molecule has 0 spiro atoms. The molecule has 9 nitrogen and oxygen atoms in total. The summed E-state index contributed by atoms with van der Waals surface area (Å²) < 4.78 is 1.78. The minimum atomic E-state index is 0.434. The summed E-state index contributed by atoms with van der Waals surface area (Å²) in [7, 11) is 1.82. The maximum atomic E-state index is 6.17. The van der Waals surface area contributed by atoms with Gasteiger partial charge in [0.15, 0.2) is 11.0 Å². The van der Waals surface area contributed by atoms with Crippen LogP contribution in [0, 0.1) is 6.92 Å². The molecule has 1 aliphatic rings. The van der Waals surface area contributed by atoms with E-state index in [9.17, 15) is 0 Å². The predicted molar refractivity (Wildman–Crippen MR) is 96.5 cm³/mol. The van der Waals surface area contributed by atoms with Crippen LogP contribution in [0.2, 0.25) is 5.15 Å². The molecule has 1 aliphatic heterocycles. The summed E-state index contributed by atoms with van der Waals surface area (Å²) in [5.74, 6) is 2.46. The fraction of sp³-hybridized carbons (Fsp3) is 0.400. The summed E-state index contributed by atoms with van der Waals surface area (Å²) in [5, 5.41) is 7.81. The molecule has 0 saturated carbocycles. The van der Waals surface area contributed by atoms with Crippen LogP contribution in [-0.2, 0) is 0 Å². The molecule has 1 N–H and O–H groups in total. The Balaban J connectivity index is 1.57. The molecule has 3 aromatic rings. The van der Waals surface area contributed by atoms with E-state index in [0.29, 0.717) is 10.9 Å². The van der Waals surface area contributed by atoms with Crippen LogP contribution in [0.1, 0.15) is 5.69 Å². The van der Waals surface area contributed by atoms with E-state index >= 15 is 0 Å². The maximum absolute atomic E-state index is 6.17. The highest BCUT2D eigenvalue weighted by Crippen LogP contribution is 2.30. The van der Waals surface area contributed by atoms with Crippen molar-refractivity contribution in [2.24, 2.45) is 0 Å². The fourth-order valence-corrected chi connectivity index (χ4v) is 3.32. The van der Waals surface area contributed by atoms with E-state index in [1.165, 1.54) is 12.7 Å². The molecule has 0 bridgehead atoms. The van der Waals surface area contributed by atoms with Gasteiger partial charge in [0.1, 0.15) is 24.2 Å². The molecule has 0 atom stereocenters. The Morgan fingerprint density at radius 3 is 2.56 bits per heavy atom. The SMILES string of the molecule is CNc1c(Cl)ncnc1N1CCN(c2cc(C)nc3ncnn23)CC1. The smallest absolute Gasteiger partial charge is 0.254 e. The Morgan fingerprint density at radius 1 is 1.04 bits per heavy atom. The second-order valence-corrected chi connectivity index (χ2v) is 6.17. The number of aromatic nitrogens is 6. The third-order valence-corrected chi connectivity index (χ3v) is 4.58. The number of anilines is 3. The van der Waals surface area contributed by atoms with Gasteiger partial charge < -0.3 is 15.1 Å². The molecule has 0 radical (unpaired) electrons. The highest BCUT2D eigenvalue weighted by atomic mass is 35.5. The lowest BCUT2D eigenvalue weighted by Gasteiger charge is -2.37. The Kier molecular flexibility index (Phi) is 4.00. The first-order valence-corrected chi connectivity index (χ1v) is 8.40. The Hall–Kier alpha value is -2.68. The van der Waals surface area contributed by atoms with Crippen LogP contribution in [0.15, 0.2) is 18.7 Å². The van der Waals surface area contributed by atoms with Gasteiger partial charge in [0, 0.05) is 45.0 Å². The molecule has 0 unspecified atom stereocenters. The van der Waals surface area contributed by atoms with Crippen LogP contribution >= 0.6 is 11.6 Å². The van der Waals surface area contributed by atoms with Crippen molar-refractivity contribution in [3.8, 4) is 0 Å². The third kappa shape index (κ3) is 2.80. The van der Waals surface area contributed by atoms with Crippen LogP contribution in [0.25, 0.3) is 5.78 Å². The molecule has 0 aromatic carbocycles. The molecule has 130 valence electrons. The normalized spacial score (nSPS) is 15.0. The zero-order valence-corrected chi connectivity index (χ0v) is 14.8. The van der Waals surface area contributed by atoms with E-state index in [0.717, 1.165) is 49.2 Å². The van der Waals surface area contributed by atoms with E-state index < -0.39 is 0 Å². The minimum Gasteiger partial charge on any atom is -0.383 e. The first kappa shape index (κ1) is 15.8. The second kappa shape index (κ2) is 6.32. The van der Waals surface area contributed by atoms with Gasteiger partial charge in [-0.15, -0.1) is 0 Å². The summed E-state index contributed by atoms with van der Waals surface area (Å²) in [6.45, 7) is 5.28. The summed E-state index contributed by atoms with van der Waals surface area (Å²) in [4.78, 5) is 21.5. The number of halogens is 1. The minimum absolute atomic E-state index is 0.434. The van der Waals surface area contributed by atoms with Crippen molar-refractivity contribution in [3.63, 3.8) is 0 Å². The van der Waals surface area contributed by atoms with Crippen molar-refractivity contribution < 1.29 is 0 Å². The zero-order valence-electron chi connectivity index (χ0n) is 14.0. The average molecular weight is 360 g/mol. The van der Waals surface area contributed by atoms with Crippen molar-refractivity contribution in [2.75, 3.05) is 48.3 Å². The fourth-order valence-electron chi connectivity index (χ4n) is 3.09. The Labute approximate surface area is 149 Å². The van der Waals surface area contributed by atoms with Crippen LogP contribution in [0.4, 0.5) is 17.3 Å². The highest BCUT2D eigenvalue weighted by molar-refractivity contribution is 6.32. The van der Waals surface area contributed by atoms with E-state index in [2.05, 4.69) is 40.2 Å². The van der Waals surface area contributed by atoms with Gasteiger partial charge in [0.2, 0.25) is 0 Å². The number of fused-ring (bicyclic) bond motifs is 1. The molecule has 4 heterocycles. The molecule has 1 saturated heterocycles. The molecule has 0 amide bonds. The molecule has 25 heavy (non-hydrogen) atoms. The summed E-state index contributed by atoms with van der Waals surface area (Å²) in [6.07, 6.45) is 3.03. The van der Waals surface area contributed by atoms with Gasteiger partial charge in [0.05, 0.1) is 0 Å². The monoisotopic (exact) mass is 359 g/mol. The first-order chi connectivity index (χ1) is 12.2. The quantitative estimate of drug-likeness (QED) is 0.699. The number of nitrogens with one attached hydrogen (secondary N) is 1. The standard InChI is InChI=1S/C15H18ClN9/c1-10-7-11(25-15(22-10)20-9-21-25)23-3-5-24(6-4-23)14-12(17-2)13(16)18-8-19-14/h7-9,17H,3-6H2,1-2H3. The number of piperazine rings is 1. The highest BCUT2D eigenvalue weighted by Gasteiger charge is 2.23. The average Bonchev–Trinajstić information content (AvgIpc) is 3.09. The van der Waals surface area contributed by atoms with Gasteiger partial charge in [-0.05, 0) is 6.92 Å². The molecular weight excluding hydrogens is 342 g/mol. The van der Waals surface area contributed by atoms with Gasteiger partial charge in [-0.25, -0.2) is 15.0 Å². The Bertz CT molecular complexity index is 901. The second-order valence-electron chi connectivity index (χ2n) is 5.81. The van der Waals surface area contributed by atoms with E-state index in [4.69, 9.17) is 11.6 Å². The van der Waals surface area contributed by atoms with Gasteiger partial charge in [-0.1, -0.05) is 11.6 Å². The topological polar surface area (TPSA) is 87.4 Å². The van der Waals surface area contributed by atoms with E-state index in [1.54, 1.807) is 4.52 Å². The summed E-state index contributed by atoms with van der Waals surface area (Å²) in [5.41, 5.74) is 1.69. The summed E-state index contributed by atoms with van der Waals surface area (Å²) in [6, 6.07) is 2.04. The van der Waals surface area contributed by atoms with Gasteiger partial charge in [-0.3, -0.25) is 0 Å². The van der Waals surface area contributed by atoms with Crippen LogP contribution in [0.3, 0.4) is 0 Å². The Morgan fingerprint density at radius 2 is 1.80 bits per heavy atom. The molecular formula is C15H18ClN9. The third-order valence-electron chi connectivity index (χ3n) is 4.30. The number of hydrogen-bond acceptors (Lipinski definition) is 8. The molecule has 10 heteroatoms. The number of hydrogen-bond donors (Lipinski definition) is 1. The number of nitrogens with zero attached hydrogens (tertiary/aromatic N) is 8. The predicted octanol–water partition coefficient (Wildman–Crippen LogP) is 1.24. The largest absolute Gasteiger partial charge is 0.383 e. The van der Waals surface area contributed by atoms with E-state index in [1.807, 2.05) is 20.0 Å². The van der Waals surface area contributed by atoms with E-state index in [-0.39, 0.29) is 0 Å². The number of aryl methyl sites for hydroxylation is 1. The van der Waals surface area contributed by atoms with Crippen molar-refractivity contribution in [3.05, 3.63) is 29.6 Å². The van der Waals surface area contributed by atoms with Crippen molar-refractivity contribution in [1.29, 1.82) is 0 Å². The molecule has 0 aliphatic carbocycles. The lowest BCUT2D eigenvalue weighted by molar-refractivity contribution is 0.633. The molecule has 1 fully saturated rings. The summed E-state index contributed by atoms with van der Waals surface area (Å²) >= 11 is 6.17. The van der Waals surface area contributed by atoms with Gasteiger partial charge in [-0.2, -0.15) is 14.6 Å². The first-order valence-electron chi connectivity index (χ1n) is 8.03. The zero-order chi connectivity index (χ0) is 17.4. The number of rotatable bonds is 3. The van der Waals surface area contributed by atoms with Crippen molar-refractivity contribution in [2.45, 2.75) is 6.92 Å². The lowest BCUT2D eigenvalue weighted by Crippen LogP contribution is -2.47. The van der Waals surface area contributed by atoms with Crippen molar-refractivity contribution >= 4 is 34.7 Å². The molecule has 4 rings (SSSR count). The van der Waals surface area contributed by atoms with Gasteiger partial charge in [0.25, 0.3) is 5.78 Å². The van der Waals surface area contributed by atoms with Crippen LogP contribution < -0.4 is 15.1 Å². The van der Waals surface area contributed by atoms with Gasteiger partial charge >= 0.3 is 0 Å².